The Labute approximate surface area is 204 Å². The molecule has 8 nitrogen and oxygen atoms in total. The highest BCUT2D eigenvalue weighted by Gasteiger charge is 2.32. The van der Waals surface area contributed by atoms with Crippen molar-refractivity contribution in [2.45, 2.75) is 44.0 Å². The Morgan fingerprint density at radius 3 is 2.37 bits per heavy atom. The van der Waals surface area contributed by atoms with Crippen LogP contribution in [0, 0.1) is 0 Å². The lowest BCUT2D eigenvalue weighted by molar-refractivity contribution is -0.123. The number of amides is 1. The van der Waals surface area contributed by atoms with Gasteiger partial charge in [0.1, 0.15) is 0 Å². The number of benzene rings is 3. The topological polar surface area (TPSA) is 102 Å². The molecule has 0 aliphatic carbocycles. The van der Waals surface area contributed by atoms with Gasteiger partial charge in [0.25, 0.3) is 5.91 Å². The summed E-state index contributed by atoms with van der Waals surface area (Å²) in [5, 5.41) is 4.76. The van der Waals surface area contributed by atoms with Gasteiger partial charge in [0, 0.05) is 18.8 Å². The molecule has 9 heteroatoms. The van der Waals surface area contributed by atoms with Crippen LogP contribution in [0.15, 0.2) is 71.6 Å². The highest BCUT2D eigenvalue weighted by atomic mass is 32.2. The van der Waals surface area contributed by atoms with Gasteiger partial charge in [0.15, 0.2) is 6.10 Å². The van der Waals surface area contributed by atoms with Crippen LogP contribution in [0.2, 0.25) is 0 Å². The molecule has 1 fully saturated rings. The molecule has 1 aliphatic rings. The molecule has 3 atom stereocenters. The number of hydrogen-bond acceptors (Lipinski definition) is 6. The average Bonchev–Trinajstić information content (AvgIpc) is 2.83. The predicted molar refractivity (Wildman–Crippen MR) is 133 cm³/mol. The number of hydrogen-bond donors (Lipinski definition) is 1. The number of anilines is 1. The molecule has 4 rings (SSSR count). The second-order valence-corrected chi connectivity index (χ2v) is 10.6. The van der Waals surface area contributed by atoms with E-state index in [9.17, 15) is 18.0 Å². The summed E-state index contributed by atoms with van der Waals surface area (Å²) >= 11 is 0. The van der Waals surface area contributed by atoms with Crippen LogP contribution in [0.5, 0.6) is 0 Å². The first kappa shape index (κ1) is 24.8. The maximum atomic E-state index is 13.1. The third-order valence-corrected chi connectivity index (χ3v) is 7.59. The van der Waals surface area contributed by atoms with Gasteiger partial charge < -0.3 is 14.8 Å². The molecular formula is C26H28N2O6S. The molecule has 1 heterocycles. The lowest BCUT2D eigenvalue weighted by Gasteiger charge is -2.34. The van der Waals surface area contributed by atoms with Crippen molar-refractivity contribution in [1.82, 2.24) is 4.31 Å². The zero-order valence-corrected chi connectivity index (χ0v) is 20.6. The molecule has 1 N–H and O–H groups in total. The van der Waals surface area contributed by atoms with E-state index in [-0.39, 0.29) is 35.8 Å². The van der Waals surface area contributed by atoms with Crippen LogP contribution in [-0.2, 0) is 24.3 Å². The highest BCUT2D eigenvalue weighted by Crippen LogP contribution is 2.23. The van der Waals surface area contributed by atoms with Crippen molar-refractivity contribution in [3.63, 3.8) is 0 Å². The molecule has 3 aromatic rings. The molecule has 0 radical (unpaired) electrons. The Bertz CT molecular complexity index is 1350. The smallest absolute Gasteiger partial charge is 0.338 e. The molecule has 184 valence electrons. The zero-order chi connectivity index (χ0) is 25.2. The predicted octanol–water partition coefficient (Wildman–Crippen LogP) is 3.82. The van der Waals surface area contributed by atoms with Gasteiger partial charge in [-0.15, -0.1) is 0 Å². The monoisotopic (exact) mass is 496 g/mol. The molecule has 3 aromatic carbocycles. The summed E-state index contributed by atoms with van der Waals surface area (Å²) in [5.41, 5.74) is 0.629. The van der Waals surface area contributed by atoms with Crippen molar-refractivity contribution in [2.24, 2.45) is 0 Å². The molecule has 1 aliphatic heterocycles. The Kier molecular flexibility index (Phi) is 7.20. The van der Waals surface area contributed by atoms with E-state index in [1.165, 1.54) is 35.5 Å². The van der Waals surface area contributed by atoms with Crippen LogP contribution >= 0.6 is 0 Å². The highest BCUT2D eigenvalue weighted by molar-refractivity contribution is 7.89. The largest absolute Gasteiger partial charge is 0.449 e. The summed E-state index contributed by atoms with van der Waals surface area (Å²) in [4.78, 5) is 25.3. The number of carbonyl (C=O) groups excluding carboxylic acids is 2. The summed E-state index contributed by atoms with van der Waals surface area (Å²) in [6.45, 7) is 5.55. The van der Waals surface area contributed by atoms with Crippen molar-refractivity contribution in [1.29, 1.82) is 0 Å². The van der Waals surface area contributed by atoms with E-state index in [0.29, 0.717) is 5.69 Å². The molecule has 0 saturated carbocycles. The summed E-state index contributed by atoms with van der Waals surface area (Å²) in [7, 11) is -3.82. The first-order valence-corrected chi connectivity index (χ1v) is 12.8. The normalized spacial score (nSPS) is 19.7. The average molecular weight is 497 g/mol. The molecule has 1 amide bonds. The third kappa shape index (κ3) is 5.70. The van der Waals surface area contributed by atoms with Gasteiger partial charge in [-0.05, 0) is 61.9 Å². The first-order valence-electron chi connectivity index (χ1n) is 11.4. The minimum atomic E-state index is -3.82. The molecule has 35 heavy (non-hydrogen) atoms. The van der Waals surface area contributed by atoms with E-state index in [1.54, 1.807) is 6.07 Å². The molecule has 1 saturated heterocycles. The minimum Gasteiger partial charge on any atom is -0.449 e. The summed E-state index contributed by atoms with van der Waals surface area (Å²) in [6.07, 6.45) is -1.55. The summed E-state index contributed by atoms with van der Waals surface area (Å²) in [6, 6.07) is 18.9. The van der Waals surface area contributed by atoms with Gasteiger partial charge in [-0.3, -0.25) is 4.79 Å². The van der Waals surface area contributed by atoms with Crippen LogP contribution in [0.4, 0.5) is 5.69 Å². The SMILES string of the molecule is C[C@@H]1CN(S(=O)(=O)c2cccc(C(=O)O[C@@H](C)C(=O)Nc3ccc4ccccc4c3)c2)C[C@H](C)O1. The lowest BCUT2D eigenvalue weighted by atomic mass is 10.1. The number of morpholine rings is 1. The molecule has 0 bridgehead atoms. The van der Waals surface area contributed by atoms with Gasteiger partial charge in [-0.25, -0.2) is 13.2 Å². The summed E-state index contributed by atoms with van der Waals surface area (Å²) < 4.78 is 38.6. The lowest BCUT2D eigenvalue weighted by Crippen LogP contribution is -2.48. The maximum Gasteiger partial charge on any atom is 0.338 e. The number of esters is 1. The van der Waals surface area contributed by atoms with E-state index >= 15 is 0 Å². The van der Waals surface area contributed by atoms with Crippen molar-refractivity contribution in [3.05, 3.63) is 72.3 Å². The van der Waals surface area contributed by atoms with Crippen LogP contribution in [-0.4, -0.2) is 56.0 Å². The molecule has 0 spiro atoms. The van der Waals surface area contributed by atoms with E-state index in [4.69, 9.17) is 9.47 Å². The molecule has 0 aromatic heterocycles. The van der Waals surface area contributed by atoms with Crippen molar-refractivity contribution in [3.8, 4) is 0 Å². The van der Waals surface area contributed by atoms with Crippen molar-refractivity contribution in [2.75, 3.05) is 18.4 Å². The van der Waals surface area contributed by atoms with E-state index in [1.807, 2.05) is 50.2 Å². The Morgan fingerprint density at radius 1 is 0.971 bits per heavy atom. The van der Waals surface area contributed by atoms with Gasteiger partial charge in [0.05, 0.1) is 22.7 Å². The number of sulfonamides is 1. The molecule has 0 unspecified atom stereocenters. The quantitative estimate of drug-likeness (QED) is 0.521. The van der Waals surface area contributed by atoms with Crippen molar-refractivity contribution >= 4 is 38.4 Å². The second-order valence-electron chi connectivity index (χ2n) is 8.71. The number of fused-ring (bicyclic) bond motifs is 1. The first-order chi connectivity index (χ1) is 16.6. The fraction of sp³-hybridized carbons (Fsp3) is 0.308. The zero-order valence-electron chi connectivity index (χ0n) is 19.8. The number of nitrogens with zero attached hydrogens (tertiary/aromatic N) is 1. The molecular weight excluding hydrogens is 468 g/mol. The van der Waals surface area contributed by atoms with Crippen LogP contribution < -0.4 is 5.32 Å². The fourth-order valence-corrected chi connectivity index (χ4v) is 5.69. The number of nitrogens with one attached hydrogen (secondary N) is 1. The van der Waals surface area contributed by atoms with Crippen LogP contribution in [0.3, 0.4) is 0 Å². The van der Waals surface area contributed by atoms with E-state index < -0.39 is 28.0 Å². The minimum absolute atomic E-state index is 0.0125. The van der Waals surface area contributed by atoms with E-state index in [2.05, 4.69) is 5.32 Å². The maximum absolute atomic E-state index is 13.1. The van der Waals surface area contributed by atoms with Crippen LogP contribution in [0.1, 0.15) is 31.1 Å². The van der Waals surface area contributed by atoms with Gasteiger partial charge in [-0.1, -0.05) is 36.4 Å². The Balaban J connectivity index is 1.43. The number of rotatable bonds is 6. The van der Waals surface area contributed by atoms with Crippen molar-refractivity contribution < 1.29 is 27.5 Å². The standard InChI is InChI=1S/C26H28N2O6S/c1-17-15-28(16-18(2)33-17)35(31,32)24-10-6-9-22(14-24)26(30)34-19(3)25(29)27-23-12-11-20-7-4-5-8-21(20)13-23/h4-14,17-19H,15-16H2,1-3H3,(H,27,29)/t17-,18+,19-/m0/s1. The van der Waals surface area contributed by atoms with E-state index in [0.717, 1.165) is 10.8 Å². The van der Waals surface area contributed by atoms with Gasteiger partial charge in [-0.2, -0.15) is 4.31 Å². The Hall–Kier alpha value is -3.27. The third-order valence-electron chi connectivity index (χ3n) is 5.76. The Morgan fingerprint density at radius 2 is 1.66 bits per heavy atom. The van der Waals surface area contributed by atoms with Gasteiger partial charge in [0.2, 0.25) is 10.0 Å². The number of carbonyl (C=O) groups is 2. The number of ether oxygens (including phenoxy) is 2. The van der Waals surface area contributed by atoms with Gasteiger partial charge >= 0.3 is 5.97 Å². The fourth-order valence-electron chi connectivity index (χ4n) is 4.05. The van der Waals surface area contributed by atoms with Crippen LogP contribution in [0.25, 0.3) is 10.8 Å². The summed E-state index contributed by atoms with van der Waals surface area (Å²) in [5.74, 6) is -1.28. The second kappa shape index (κ2) is 10.2.